The molecule has 0 aliphatic rings. The van der Waals surface area contributed by atoms with Crippen LogP contribution < -0.4 is 37.6 Å². The van der Waals surface area contributed by atoms with E-state index in [2.05, 4.69) is 51.8 Å². The molecule has 0 bridgehead atoms. The predicted molar refractivity (Wildman–Crippen MR) is 188 cm³/mol. The second kappa shape index (κ2) is 17.0. The van der Waals surface area contributed by atoms with E-state index in [1.807, 2.05) is 0 Å². The van der Waals surface area contributed by atoms with Crippen LogP contribution in [0.4, 0.5) is 23.3 Å². The molecule has 4 aromatic rings. The van der Waals surface area contributed by atoms with Crippen LogP contribution in [0.15, 0.2) is 24.8 Å². The maximum atomic E-state index is 13.1. The zero-order chi connectivity index (χ0) is 38.1. The van der Waals surface area contributed by atoms with Crippen molar-refractivity contribution in [1.82, 2.24) is 53.7 Å². The van der Waals surface area contributed by atoms with E-state index in [1.165, 1.54) is 43.1 Å². The van der Waals surface area contributed by atoms with Crippen LogP contribution in [-0.2, 0) is 37.8 Å². The summed E-state index contributed by atoms with van der Waals surface area (Å²) in [6.45, 7) is 1.14. The largest absolute Gasteiger partial charge is 0.356 e. The van der Waals surface area contributed by atoms with Crippen molar-refractivity contribution in [3.8, 4) is 0 Å². The summed E-state index contributed by atoms with van der Waals surface area (Å²) in [6, 6.07) is 0. The zero-order valence-corrected chi connectivity index (χ0v) is 29.6. The quantitative estimate of drug-likeness (QED) is 0.0649. The molecule has 4 rings (SSSR count). The van der Waals surface area contributed by atoms with Crippen molar-refractivity contribution in [2.45, 2.75) is 12.8 Å². The summed E-state index contributed by atoms with van der Waals surface area (Å²) in [5, 5.41) is 15.7. The number of likely N-dealkylation sites (N-methyl/N-ethyl adjacent to an activating group) is 1. The first-order valence-corrected chi connectivity index (χ1v) is 15.9. The number of carbonyl (C=O) groups is 6. The van der Waals surface area contributed by atoms with Gasteiger partial charge >= 0.3 is 0 Å². The average Bonchev–Trinajstić information content (AvgIpc) is 3.81. The molecule has 8 N–H and O–H groups in total. The van der Waals surface area contributed by atoms with Crippen molar-refractivity contribution in [3.63, 3.8) is 0 Å². The molecule has 278 valence electrons. The van der Waals surface area contributed by atoms with Crippen LogP contribution in [0.3, 0.4) is 0 Å². The molecular weight excluding hydrogens is 680 g/mol. The molecule has 0 atom stereocenters. The highest BCUT2D eigenvalue weighted by Crippen LogP contribution is 2.15. The number of nitrogens with zero attached hydrogens (tertiary/aromatic N) is 9. The minimum absolute atomic E-state index is 0.00273. The molecule has 4 aromatic heterocycles. The number of carbonyl (C=O) groups excluding carboxylic acids is 6. The van der Waals surface area contributed by atoms with Crippen molar-refractivity contribution in [3.05, 3.63) is 48.1 Å². The maximum absolute atomic E-state index is 13.1. The van der Waals surface area contributed by atoms with Gasteiger partial charge in [0.1, 0.15) is 0 Å². The molecule has 4 heterocycles. The highest BCUT2D eigenvalue weighted by Gasteiger charge is 2.22. The highest BCUT2D eigenvalue weighted by molar-refractivity contribution is 6.05. The maximum Gasteiger partial charge on any atom is 0.292 e. The fourth-order valence-electron chi connectivity index (χ4n) is 4.72. The van der Waals surface area contributed by atoms with Gasteiger partial charge in [-0.15, -0.1) is 0 Å². The van der Waals surface area contributed by atoms with Crippen molar-refractivity contribution in [2.75, 3.05) is 61.5 Å². The van der Waals surface area contributed by atoms with Gasteiger partial charge in [0.2, 0.25) is 35.1 Å². The summed E-state index contributed by atoms with van der Waals surface area (Å²) in [4.78, 5) is 94.0. The number of amides is 6. The van der Waals surface area contributed by atoms with Gasteiger partial charge in [0, 0.05) is 72.5 Å². The van der Waals surface area contributed by atoms with Crippen molar-refractivity contribution >= 4 is 58.7 Å². The Morgan fingerprint density at radius 1 is 0.577 bits per heavy atom. The summed E-state index contributed by atoms with van der Waals surface area (Å²) in [7, 11) is 9.76. The number of hydrogen-bond donors (Lipinski definition) is 7. The Hall–Kier alpha value is -6.42. The number of hydrogen-bond acceptors (Lipinski definition) is 12. The lowest BCUT2D eigenvalue weighted by molar-refractivity contribution is -0.121. The molecule has 0 radical (unpaired) electrons. The molecule has 22 heteroatoms. The zero-order valence-electron chi connectivity index (χ0n) is 29.6. The number of rotatable bonds is 16. The summed E-state index contributed by atoms with van der Waals surface area (Å²) in [5.74, 6) is -2.80. The summed E-state index contributed by atoms with van der Waals surface area (Å²) < 4.78 is 5.63. The highest BCUT2D eigenvalue weighted by atomic mass is 16.2. The van der Waals surface area contributed by atoms with Crippen LogP contribution in [0.25, 0.3) is 0 Å². The van der Waals surface area contributed by atoms with Gasteiger partial charge in [0.25, 0.3) is 23.6 Å². The third kappa shape index (κ3) is 10.1. The first-order valence-electron chi connectivity index (χ1n) is 15.9. The van der Waals surface area contributed by atoms with Crippen molar-refractivity contribution in [2.24, 2.45) is 33.9 Å². The van der Waals surface area contributed by atoms with Crippen LogP contribution in [0.2, 0.25) is 0 Å². The van der Waals surface area contributed by atoms with Gasteiger partial charge in [0.05, 0.1) is 6.54 Å². The molecule has 6 amide bonds. The smallest absolute Gasteiger partial charge is 0.292 e. The predicted octanol–water partition coefficient (Wildman–Crippen LogP) is -1.54. The molecule has 0 aliphatic heterocycles. The number of nitrogens with one attached hydrogen (secondary N) is 6. The third-order valence-electron chi connectivity index (χ3n) is 7.11. The first-order chi connectivity index (χ1) is 24.6. The molecule has 0 fully saturated rings. The minimum atomic E-state index is -0.677. The van der Waals surface area contributed by atoms with E-state index >= 15 is 0 Å². The van der Waals surface area contributed by atoms with E-state index in [0.29, 0.717) is 19.5 Å². The van der Waals surface area contributed by atoms with Crippen LogP contribution in [0, 0.1) is 0 Å². The fraction of sp³-hybridized carbons (Fsp3) is 0.400. The van der Waals surface area contributed by atoms with E-state index in [1.54, 1.807) is 47.2 Å². The molecule has 0 saturated heterocycles. The minimum Gasteiger partial charge on any atom is -0.356 e. The topological polar surface area (TPSA) is 275 Å². The monoisotopic (exact) mass is 722 g/mol. The van der Waals surface area contributed by atoms with Crippen molar-refractivity contribution < 1.29 is 28.8 Å². The SMILES string of the molecule is CN(C)CC(=O)Nc1cn(C)c(C(=O)Nc2cn(C)c(C(=O)Nc3cn(C)c(C(=O)Nc4cn(C)c(C(=O)NCCC(=O)NCCCN)n4)n3)n2)n1. The second-order valence-electron chi connectivity index (χ2n) is 11.9. The van der Waals surface area contributed by atoms with Crippen LogP contribution in [-0.4, -0.2) is 119 Å². The van der Waals surface area contributed by atoms with Gasteiger partial charge in [-0.3, -0.25) is 28.8 Å². The molecule has 22 nitrogen and oxygen atoms in total. The van der Waals surface area contributed by atoms with Crippen LogP contribution in [0.1, 0.15) is 55.3 Å². The van der Waals surface area contributed by atoms with Crippen LogP contribution in [0.5, 0.6) is 0 Å². The van der Waals surface area contributed by atoms with Crippen LogP contribution >= 0.6 is 0 Å². The Bertz CT molecular complexity index is 1970. The number of nitrogens with two attached hydrogens (primary N) is 1. The molecule has 0 unspecified atom stereocenters. The third-order valence-corrected chi connectivity index (χ3v) is 7.11. The number of aromatic nitrogens is 8. The Balaban J connectivity index is 1.33. The van der Waals surface area contributed by atoms with Gasteiger partial charge in [-0.25, -0.2) is 19.9 Å². The molecule has 0 aromatic carbocycles. The van der Waals surface area contributed by atoms with E-state index in [4.69, 9.17) is 5.73 Å². The lowest BCUT2D eigenvalue weighted by atomic mass is 10.3. The van der Waals surface area contributed by atoms with Gasteiger partial charge in [0.15, 0.2) is 23.3 Å². The van der Waals surface area contributed by atoms with Crippen molar-refractivity contribution in [1.29, 1.82) is 0 Å². The number of aryl methyl sites for hydroxylation is 4. The number of anilines is 4. The first kappa shape index (κ1) is 38.4. The summed E-state index contributed by atoms with van der Waals surface area (Å²) in [6.07, 6.45) is 6.50. The standard InChI is InChI=1S/C30H42N16O6/c1-42(2)16-22(48)34-17-12-44(4)24(35-17)28(50)40-19-14-46(6)26(37-19)30(52)41-20-15-45(5)25(38-20)29(51)39-18-13-43(3)23(36-18)27(49)33-11-8-21(47)32-10-7-9-31/h12-15H,7-11,16,31H2,1-6H3,(H,32,47)(H,33,49)(H,34,48)(H,39,51)(H,40,50)(H,41,52). The molecule has 0 saturated carbocycles. The van der Waals surface area contributed by atoms with Gasteiger partial charge in [-0.1, -0.05) is 0 Å². The molecule has 52 heavy (non-hydrogen) atoms. The summed E-state index contributed by atoms with van der Waals surface area (Å²) in [5.41, 5.74) is 5.41. The fourth-order valence-corrected chi connectivity index (χ4v) is 4.72. The molecular formula is C30H42N16O6. The average molecular weight is 723 g/mol. The van der Waals surface area contributed by atoms with E-state index in [-0.39, 0.29) is 77.9 Å². The van der Waals surface area contributed by atoms with E-state index in [0.717, 1.165) is 0 Å². The van der Waals surface area contributed by atoms with E-state index in [9.17, 15) is 28.8 Å². The van der Waals surface area contributed by atoms with Gasteiger partial charge in [-0.05, 0) is 27.1 Å². The Kier molecular flexibility index (Phi) is 12.5. The van der Waals surface area contributed by atoms with Gasteiger partial charge < -0.3 is 60.8 Å². The number of imidazole rings is 4. The van der Waals surface area contributed by atoms with Gasteiger partial charge in [-0.2, -0.15) is 0 Å². The Labute approximate surface area is 297 Å². The van der Waals surface area contributed by atoms with E-state index < -0.39 is 23.6 Å². The summed E-state index contributed by atoms with van der Waals surface area (Å²) >= 11 is 0. The lowest BCUT2D eigenvalue weighted by Crippen LogP contribution is -2.32. The second-order valence-corrected chi connectivity index (χ2v) is 11.9. The Morgan fingerprint density at radius 2 is 0.962 bits per heavy atom. The lowest BCUT2D eigenvalue weighted by Gasteiger charge is -2.07. The normalized spacial score (nSPS) is 10.9. The molecule has 0 aliphatic carbocycles. The molecule has 0 spiro atoms. The Morgan fingerprint density at radius 3 is 1.35 bits per heavy atom.